The van der Waals surface area contributed by atoms with Crippen LogP contribution >= 0.6 is 0 Å². The third-order valence-corrected chi connectivity index (χ3v) is 2.62. The lowest BCUT2D eigenvalue weighted by Gasteiger charge is -2.20. The average Bonchev–Trinajstić information content (AvgIpc) is 2.30. The minimum Gasteiger partial charge on any atom is -0.663 e. The maximum Gasteiger partial charge on any atom is 0.248 e. The molecule has 1 heterocycles. The van der Waals surface area contributed by atoms with Gasteiger partial charge in [-0.25, -0.2) is 0 Å². The zero-order valence-electron chi connectivity index (χ0n) is 9.34. The SMILES string of the molecule is C[N-]CC(O)c1ccc(O)c2[nH]c(=O)ccc12. The number of hydrogen-bond acceptors (Lipinski definition) is 3. The van der Waals surface area contributed by atoms with Gasteiger partial charge in [-0.15, -0.1) is 6.54 Å². The Balaban J connectivity index is 2.66. The van der Waals surface area contributed by atoms with Crippen molar-refractivity contribution < 1.29 is 10.2 Å². The van der Waals surface area contributed by atoms with Crippen molar-refractivity contribution in [3.05, 3.63) is 45.5 Å². The van der Waals surface area contributed by atoms with E-state index in [4.69, 9.17) is 0 Å². The lowest BCUT2D eigenvalue weighted by molar-refractivity contribution is 0.195. The van der Waals surface area contributed by atoms with Crippen molar-refractivity contribution in [2.45, 2.75) is 6.10 Å². The molecule has 0 aliphatic carbocycles. The molecule has 0 saturated carbocycles. The number of aliphatic hydroxyl groups is 1. The Bertz CT molecular complexity index is 592. The van der Waals surface area contributed by atoms with Gasteiger partial charge in [-0.1, -0.05) is 6.07 Å². The van der Waals surface area contributed by atoms with Crippen molar-refractivity contribution >= 4 is 10.9 Å². The lowest BCUT2D eigenvalue weighted by atomic mass is 10.0. The molecule has 0 spiro atoms. The normalized spacial score (nSPS) is 12.8. The minimum absolute atomic E-state index is 0.0120. The second-order valence-electron chi connectivity index (χ2n) is 3.80. The standard InChI is InChI=1S/C12H13N2O3/c1-13-6-10(16)7-2-4-9(15)12-8(7)3-5-11(17)14-12/h2-5,10,15-16H,6H2,1H3,(H,14,17)/q-1. The Kier molecular flexibility index (Phi) is 3.12. The number of hydrogen-bond donors (Lipinski definition) is 3. The molecule has 2 aromatic rings. The fourth-order valence-electron chi connectivity index (χ4n) is 1.82. The first-order valence-corrected chi connectivity index (χ1v) is 5.22. The highest BCUT2D eigenvalue weighted by Crippen LogP contribution is 2.28. The second-order valence-corrected chi connectivity index (χ2v) is 3.80. The third kappa shape index (κ3) is 2.15. The number of rotatable bonds is 3. The van der Waals surface area contributed by atoms with E-state index in [0.29, 0.717) is 16.5 Å². The number of H-pyrrole nitrogens is 1. The van der Waals surface area contributed by atoms with Crippen molar-refractivity contribution in [3.63, 3.8) is 0 Å². The average molecular weight is 233 g/mol. The third-order valence-electron chi connectivity index (χ3n) is 2.62. The largest absolute Gasteiger partial charge is 0.663 e. The molecule has 0 saturated heterocycles. The molecule has 0 aliphatic rings. The molecule has 90 valence electrons. The lowest BCUT2D eigenvalue weighted by Crippen LogP contribution is -2.07. The highest BCUT2D eigenvalue weighted by Gasteiger charge is 2.10. The number of phenolic OH excluding ortho intramolecular Hbond substituents is 1. The number of pyridine rings is 1. The predicted octanol–water partition coefficient (Wildman–Crippen LogP) is 1.27. The van der Waals surface area contributed by atoms with Crippen LogP contribution in [0.25, 0.3) is 16.2 Å². The van der Waals surface area contributed by atoms with Gasteiger partial charge in [0.2, 0.25) is 5.56 Å². The van der Waals surface area contributed by atoms with Crippen LogP contribution in [0.5, 0.6) is 5.75 Å². The van der Waals surface area contributed by atoms with E-state index in [9.17, 15) is 15.0 Å². The molecule has 0 aliphatic heterocycles. The first kappa shape index (κ1) is 11.6. The van der Waals surface area contributed by atoms with Crippen LogP contribution in [0.2, 0.25) is 0 Å². The Hall–Kier alpha value is -1.85. The number of aromatic hydroxyl groups is 1. The molecule has 5 heteroatoms. The zero-order chi connectivity index (χ0) is 12.4. The summed E-state index contributed by atoms with van der Waals surface area (Å²) in [5, 5.41) is 24.1. The predicted molar refractivity (Wildman–Crippen MR) is 65.3 cm³/mol. The molecule has 1 aromatic carbocycles. The van der Waals surface area contributed by atoms with Crippen LogP contribution in [-0.2, 0) is 0 Å². The molecule has 1 unspecified atom stereocenters. The van der Waals surface area contributed by atoms with Gasteiger partial charge >= 0.3 is 0 Å². The van der Waals surface area contributed by atoms with Crippen LogP contribution in [0, 0.1) is 0 Å². The number of nitrogens with one attached hydrogen (secondary N) is 1. The Labute approximate surface area is 97.7 Å². The molecule has 0 bridgehead atoms. The molecule has 0 fully saturated rings. The van der Waals surface area contributed by atoms with E-state index in [0.717, 1.165) is 0 Å². The van der Waals surface area contributed by atoms with Crippen LogP contribution in [-0.4, -0.2) is 28.8 Å². The molecule has 5 nitrogen and oxygen atoms in total. The van der Waals surface area contributed by atoms with Gasteiger partial charge in [-0.3, -0.25) is 4.79 Å². The summed E-state index contributed by atoms with van der Waals surface area (Å²) in [6, 6.07) is 6.03. The molecule has 1 atom stereocenters. The Morgan fingerprint density at radius 1 is 1.35 bits per heavy atom. The molecule has 3 N–H and O–H groups in total. The smallest absolute Gasteiger partial charge is 0.248 e. The minimum atomic E-state index is -0.742. The van der Waals surface area contributed by atoms with E-state index in [-0.39, 0.29) is 17.9 Å². The molecule has 0 amide bonds. The molecular formula is C12H13N2O3-. The summed E-state index contributed by atoms with van der Waals surface area (Å²) in [4.78, 5) is 13.7. The fourth-order valence-corrected chi connectivity index (χ4v) is 1.82. The van der Waals surface area contributed by atoms with E-state index in [1.807, 2.05) is 0 Å². The van der Waals surface area contributed by atoms with Gasteiger partial charge in [-0.2, -0.15) is 7.05 Å². The van der Waals surface area contributed by atoms with Gasteiger partial charge in [0.25, 0.3) is 0 Å². The van der Waals surface area contributed by atoms with Crippen LogP contribution in [0.1, 0.15) is 11.7 Å². The first-order chi connectivity index (χ1) is 8.13. The number of nitrogens with zero attached hydrogens (tertiary/aromatic N) is 1. The number of aromatic nitrogens is 1. The quantitative estimate of drug-likeness (QED) is 0.746. The summed E-state index contributed by atoms with van der Waals surface area (Å²) in [6.45, 7) is 0.277. The van der Waals surface area contributed by atoms with Crippen LogP contribution in [0.4, 0.5) is 0 Å². The Morgan fingerprint density at radius 3 is 2.82 bits per heavy atom. The second kappa shape index (κ2) is 4.57. The van der Waals surface area contributed by atoms with E-state index < -0.39 is 6.10 Å². The fraction of sp³-hybridized carbons (Fsp3) is 0.250. The summed E-state index contributed by atoms with van der Waals surface area (Å²) >= 11 is 0. The number of phenols is 1. The number of likely N-dealkylation sites (N-methyl/N-ethyl adjacent to an activating group) is 1. The molecular weight excluding hydrogens is 220 g/mol. The summed E-state index contributed by atoms with van der Waals surface area (Å²) in [6.07, 6.45) is -0.742. The van der Waals surface area contributed by atoms with Crippen molar-refractivity contribution in [2.24, 2.45) is 0 Å². The zero-order valence-corrected chi connectivity index (χ0v) is 9.34. The highest BCUT2D eigenvalue weighted by molar-refractivity contribution is 5.87. The van der Waals surface area contributed by atoms with Crippen molar-refractivity contribution in [1.29, 1.82) is 0 Å². The van der Waals surface area contributed by atoms with Crippen molar-refractivity contribution in [1.82, 2.24) is 4.98 Å². The molecule has 0 radical (unpaired) electrons. The van der Waals surface area contributed by atoms with Crippen LogP contribution < -0.4 is 5.56 Å². The number of fused-ring (bicyclic) bond motifs is 1. The van der Waals surface area contributed by atoms with Gasteiger partial charge in [0.15, 0.2) is 0 Å². The number of aliphatic hydroxyl groups excluding tert-OH is 1. The van der Waals surface area contributed by atoms with Crippen molar-refractivity contribution in [3.8, 4) is 5.75 Å². The molecule has 17 heavy (non-hydrogen) atoms. The number of benzene rings is 1. The van der Waals surface area contributed by atoms with Gasteiger partial charge < -0.3 is 20.5 Å². The number of aromatic amines is 1. The van der Waals surface area contributed by atoms with Crippen LogP contribution in [0.3, 0.4) is 0 Å². The maximum absolute atomic E-state index is 11.2. The monoisotopic (exact) mass is 233 g/mol. The maximum atomic E-state index is 11.2. The van der Waals surface area contributed by atoms with Crippen molar-refractivity contribution in [2.75, 3.05) is 13.6 Å². The van der Waals surface area contributed by atoms with Gasteiger partial charge in [0, 0.05) is 11.5 Å². The van der Waals surface area contributed by atoms with E-state index in [1.165, 1.54) is 12.1 Å². The van der Waals surface area contributed by atoms with E-state index in [2.05, 4.69) is 10.3 Å². The topological polar surface area (TPSA) is 87.4 Å². The Morgan fingerprint density at radius 2 is 2.12 bits per heavy atom. The molecule has 2 rings (SSSR count). The first-order valence-electron chi connectivity index (χ1n) is 5.22. The summed E-state index contributed by atoms with van der Waals surface area (Å²) in [5.74, 6) is -0.0120. The molecule has 1 aromatic heterocycles. The van der Waals surface area contributed by atoms with E-state index in [1.54, 1.807) is 19.2 Å². The highest BCUT2D eigenvalue weighted by atomic mass is 16.3. The van der Waals surface area contributed by atoms with Crippen LogP contribution in [0.15, 0.2) is 29.1 Å². The summed E-state index contributed by atoms with van der Waals surface area (Å²) in [7, 11) is 1.62. The van der Waals surface area contributed by atoms with E-state index >= 15 is 0 Å². The summed E-state index contributed by atoms with van der Waals surface area (Å²) in [5.41, 5.74) is 0.685. The summed E-state index contributed by atoms with van der Waals surface area (Å²) < 4.78 is 0. The van der Waals surface area contributed by atoms with Gasteiger partial charge in [0.05, 0.1) is 11.6 Å². The van der Waals surface area contributed by atoms with Gasteiger partial charge in [-0.05, 0) is 17.7 Å². The van der Waals surface area contributed by atoms with Gasteiger partial charge in [0.1, 0.15) is 5.75 Å².